The molecule has 2 fully saturated rings. The fraction of sp³-hybridized carbons (Fsp3) is 0.632. The van der Waals surface area contributed by atoms with E-state index in [1.54, 1.807) is 0 Å². The van der Waals surface area contributed by atoms with Crippen molar-refractivity contribution in [2.75, 3.05) is 25.0 Å². The van der Waals surface area contributed by atoms with E-state index in [9.17, 15) is 4.79 Å². The van der Waals surface area contributed by atoms with Gasteiger partial charge in [0, 0.05) is 18.8 Å². The number of hydrogen-bond acceptors (Lipinski definition) is 4. The van der Waals surface area contributed by atoms with Crippen LogP contribution in [0.3, 0.4) is 0 Å². The maximum absolute atomic E-state index is 12.2. The first-order valence-electron chi connectivity index (χ1n) is 9.22. The molecule has 0 aliphatic carbocycles. The molecule has 0 saturated carbocycles. The van der Waals surface area contributed by atoms with Gasteiger partial charge in [0.15, 0.2) is 0 Å². The van der Waals surface area contributed by atoms with Crippen LogP contribution in [0.1, 0.15) is 44.1 Å². The number of rotatable bonds is 5. The summed E-state index contributed by atoms with van der Waals surface area (Å²) in [5.41, 5.74) is 7.73. The second kappa shape index (κ2) is 11.8. The van der Waals surface area contributed by atoms with E-state index < -0.39 is 0 Å². The number of hydrogen-bond donors (Lipinski definition) is 2. The van der Waals surface area contributed by atoms with Crippen molar-refractivity contribution in [2.24, 2.45) is 5.73 Å². The fourth-order valence-electron chi connectivity index (χ4n) is 3.54. The summed E-state index contributed by atoms with van der Waals surface area (Å²) in [5, 5.41) is 2.95. The number of nitrogens with zero attached hydrogens (tertiary/aromatic N) is 1. The first-order chi connectivity index (χ1) is 11.7. The van der Waals surface area contributed by atoms with E-state index in [1.165, 1.54) is 44.3 Å². The molecule has 2 aliphatic heterocycles. The van der Waals surface area contributed by atoms with Gasteiger partial charge in [-0.3, -0.25) is 9.69 Å². The van der Waals surface area contributed by atoms with E-state index in [0.717, 1.165) is 25.1 Å². The van der Waals surface area contributed by atoms with Gasteiger partial charge in [-0.2, -0.15) is 0 Å². The lowest BCUT2D eigenvalue weighted by Gasteiger charge is -2.20. The number of carbonyl (C=O) groups excluding carboxylic acids is 1. The summed E-state index contributed by atoms with van der Waals surface area (Å²) in [6.45, 7) is 3.87. The molecule has 1 aromatic rings. The molecule has 2 saturated heterocycles. The minimum Gasteiger partial charge on any atom is -0.364 e. The standard InChI is InChI=1S/C19H29N3O2.2ClH/c20-13-17-9-10-18(24-17)19(23)21-16-7-5-15(6-8-16)14-22-11-3-1-2-4-12-22;;/h5-8,17-18H,1-4,9-14,20H2,(H,21,23);2*1H/t17-,18+;;/m1../s1. The zero-order valence-electron chi connectivity index (χ0n) is 15.2. The Morgan fingerprint density at radius 3 is 2.31 bits per heavy atom. The molecule has 148 valence electrons. The number of benzene rings is 1. The summed E-state index contributed by atoms with van der Waals surface area (Å²) in [5.74, 6) is -0.0637. The van der Waals surface area contributed by atoms with Gasteiger partial charge in [-0.05, 0) is 56.5 Å². The maximum atomic E-state index is 12.2. The first kappa shape index (κ1) is 23.2. The first-order valence-corrected chi connectivity index (χ1v) is 9.22. The summed E-state index contributed by atoms with van der Waals surface area (Å²) < 4.78 is 5.64. The van der Waals surface area contributed by atoms with Crippen LogP contribution in [0.4, 0.5) is 5.69 Å². The SMILES string of the molecule is Cl.Cl.NC[C@H]1CC[C@@H](C(=O)Nc2ccc(CN3CCCCCC3)cc2)O1. The van der Waals surface area contributed by atoms with Crippen LogP contribution in [-0.4, -0.2) is 42.6 Å². The van der Waals surface area contributed by atoms with Crippen molar-refractivity contribution in [1.29, 1.82) is 0 Å². The van der Waals surface area contributed by atoms with Crippen molar-refractivity contribution >= 4 is 36.4 Å². The third kappa shape index (κ3) is 6.71. The monoisotopic (exact) mass is 403 g/mol. The van der Waals surface area contributed by atoms with Gasteiger partial charge in [0.2, 0.25) is 0 Å². The van der Waals surface area contributed by atoms with E-state index in [4.69, 9.17) is 10.5 Å². The van der Waals surface area contributed by atoms with E-state index in [2.05, 4.69) is 22.3 Å². The van der Waals surface area contributed by atoms with E-state index >= 15 is 0 Å². The summed E-state index contributed by atoms with van der Waals surface area (Å²) >= 11 is 0. The number of likely N-dealkylation sites (tertiary alicyclic amines) is 1. The third-order valence-electron chi connectivity index (χ3n) is 4.99. The van der Waals surface area contributed by atoms with Crippen molar-refractivity contribution in [3.05, 3.63) is 29.8 Å². The number of nitrogens with two attached hydrogens (primary N) is 1. The quantitative estimate of drug-likeness (QED) is 0.790. The van der Waals surface area contributed by atoms with Crippen molar-refractivity contribution < 1.29 is 9.53 Å². The molecule has 2 atom stereocenters. The minimum atomic E-state index is -0.365. The molecule has 3 N–H and O–H groups in total. The summed E-state index contributed by atoms with van der Waals surface area (Å²) in [6.07, 6.45) is 6.60. The van der Waals surface area contributed by atoms with Crippen molar-refractivity contribution in [3.8, 4) is 0 Å². The summed E-state index contributed by atoms with van der Waals surface area (Å²) in [6, 6.07) is 8.19. The van der Waals surface area contributed by atoms with Crippen molar-refractivity contribution in [3.63, 3.8) is 0 Å². The molecular formula is C19H31Cl2N3O2. The second-order valence-electron chi connectivity index (χ2n) is 6.94. The maximum Gasteiger partial charge on any atom is 0.253 e. The Bertz CT molecular complexity index is 534. The largest absolute Gasteiger partial charge is 0.364 e. The highest BCUT2D eigenvalue weighted by Gasteiger charge is 2.29. The van der Waals surface area contributed by atoms with Gasteiger partial charge in [-0.25, -0.2) is 0 Å². The smallest absolute Gasteiger partial charge is 0.253 e. The van der Waals surface area contributed by atoms with Crippen LogP contribution >= 0.6 is 24.8 Å². The molecule has 0 spiro atoms. The number of ether oxygens (including phenoxy) is 1. The molecule has 1 aromatic carbocycles. The Hall–Kier alpha value is -0.850. The van der Waals surface area contributed by atoms with E-state index in [-0.39, 0.29) is 42.9 Å². The Kier molecular flexibility index (Phi) is 10.5. The molecule has 0 unspecified atom stereocenters. The van der Waals surface area contributed by atoms with Gasteiger partial charge >= 0.3 is 0 Å². The Labute approximate surface area is 168 Å². The average Bonchev–Trinajstić information content (AvgIpc) is 2.95. The number of amides is 1. The molecule has 3 rings (SSSR count). The molecule has 0 radical (unpaired) electrons. The Morgan fingerprint density at radius 1 is 1.08 bits per heavy atom. The highest BCUT2D eigenvalue weighted by Crippen LogP contribution is 2.21. The molecule has 2 heterocycles. The lowest BCUT2D eigenvalue weighted by Crippen LogP contribution is -2.29. The van der Waals surface area contributed by atoms with Crippen LogP contribution in [0.5, 0.6) is 0 Å². The predicted octanol–water partition coefficient (Wildman–Crippen LogP) is 3.35. The minimum absolute atomic E-state index is 0. The predicted molar refractivity (Wildman–Crippen MR) is 110 cm³/mol. The lowest BCUT2D eigenvalue weighted by atomic mass is 10.1. The number of carbonyl (C=O) groups is 1. The second-order valence-corrected chi connectivity index (χ2v) is 6.94. The topological polar surface area (TPSA) is 67.6 Å². The van der Waals surface area contributed by atoms with Gasteiger partial charge < -0.3 is 15.8 Å². The Morgan fingerprint density at radius 2 is 1.73 bits per heavy atom. The van der Waals surface area contributed by atoms with Gasteiger partial charge in [-0.15, -0.1) is 24.8 Å². The van der Waals surface area contributed by atoms with Crippen LogP contribution < -0.4 is 11.1 Å². The molecular weight excluding hydrogens is 373 g/mol. The lowest BCUT2D eigenvalue weighted by molar-refractivity contribution is -0.126. The zero-order valence-corrected chi connectivity index (χ0v) is 16.8. The third-order valence-corrected chi connectivity index (χ3v) is 4.99. The van der Waals surface area contributed by atoms with Crippen LogP contribution in [0.15, 0.2) is 24.3 Å². The molecule has 5 nitrogen and oxygen atoms in total. The Balaban J connectivity index is 0.00000169. The average molecular weight is 404 g/mol. The molecule has 7 heteroatoms. The zero-order chi connectivity index (χ0) is 16.8. The van der Waals surface area contributed by atoms with Gasteiger partial charge in [0.05, 0.1) is 6.10 Å². The highest BCUT2D eigenvalue weighted by molar-refractivity contribution is 5.94. The number of nitrogens with one attached hydrogen (secondary N) is 1. The van der Waals surface area contributed by atoms with Gasteiger partial charge in [0.1, 0.15) is 6.10 Å². The van der Waals surface area contributed by atoms with E-state index in [1.807, 2.05) is 12.1 Å². The van der Waals surface area contributed by atoms with Crippen LogP contribution in [0.25, 0.3) is 0 Å². The van der Waals surface area contributed by atoms with Crippen molar-refractivity contribution in [1.82, 2.24) is 4.90 Å². The van der Waals surface area contributed by atoms with Gasteiger partial charge in [-0.1, -0.05) is 25.0 Å². The number of halogens is 2. The highest BCUT2D eigenvalue weighted by atomic mass is 35.5. The van der Waals surface area contributed by atoms with Crippen LogP contribution in [0.2, 0.25) is 0 Å². The molecule has 1 amide bonds. The van der Waals surface area contributed by atoms with E-state index in [0.29, 0.717) is 6.54 Å². The van der Waals surface area contributed by atoms with Crippen LogP contribution in [0, 0.1) is 0 Å². The van der Waals surface area contributed by atoms with Crippen LogP contribution in [-0.2, 0) is 16.1 Å². The van der Waals surface area contributed by atoms with Crippen molar-refractivity contribution in [2.45, 2.75) is 57.3 Å². The molecule has 26 heavy (non-hydrogen) atoms. The molecule has 0 aromatic heterocycles. The summed E-state index contributed by atoms with van der Waals surface area (Å²) in [4.78, 5) is 14.8. The summed E-state index contributed by atoms with van der Waals surface area (Å²) in [7, 11) is 0. The number of anilines is 1. The normalized spacial score (nSPS) is 23.4. The van der Waals surface area contributed by atoms with Gasteiger partial charge in [0.25, 0.3) is 5.91 Å². The molecule has 0 bridgehead atoms. The fourth-order valence-corrected chi connectivity index (χ4v) is 3.54. The molecule has 2 aliphatic rings.